The summed E-state index contributed by atoms with van der Waals surface area (Å²) in [6.07, 6.45) is 0. The standard InChI is InChI=1S/C10H11I3O2S/c11-7-5-8(12)10(9(13)6-7)15-2-1-14-3-4-16/h5-6,16H,1-4H2. The molecule has 0 aromatic heterocycles. The van der Waals surface area contributed by atoms with E-state index in [-0.39, 0.29) is 0 Å². The summed E-state index contributed by atoms with van der Waals surface area (Å²) in [5.74, 6) is 1.70. The predicted octanol–water partition coefficient (Wildman–Crippen LogP) is 3.83. The van der Waals surface area contributed by atoms with E-state index in [0.29, 0.717) is 19.8 Å². The Labute approximate surface area is 142 Å². The Kier molecular flexibility index (Phi) is 8.37. The molecular formula is C10H11I3O2S. The van der Waals surface area contributed by atoms with E-state index < -0.39 is 0 Å². The number of benzene rings is 1. The number of halogens is 3. The molecule has 1 aromatic carbocycles. The van der Waals surface area contributed by atoms with E-state index >= 15 is 0 Å². The van der Waals surface area contributed by atoms with Gasteiger partial charge in [-0.3, -0.25) is 0 Å². The monoisotopic (exact) mass is 576 g/mol. The zero-order valence-electron chi connectivity index (χ0n) is 8.38. The van der Waals surface area contributed by atoms with E-state index in [1.165, 1.54) is 3.57 Å². The summed E-state index contributed by atoms with van der Waals surface area (Å²) in [4.78, 5) is 0. The summed E-state index contributed by atoms with van der Waals surface area (Å²) in [7, 11) is 0. The molecule has 16 heavy (non-hydrogen) atoms. The van der Waals surface area contributed by atoms with Crippen molar-refractivity contribution >= 4 is 80.4 Å². The molecule has 0 saturated carbocycles. The van der Waals surface area contributed by atoms with Crippen LogP contribution in [0.3, 0.4) is 0 Å². The first-order chi connectivity index (χ1) is 7.65. The van der Waals surface area contributed by atoms with Gasteiger partial charge < -0.3 is 9.47 Å². The zero-order valence-corrected chi connectivity index (χ0v) is 15.7. The normalized spacial score (nSPS) is 10.5. The first kappa shape index (κ1) is 15.6. The van der Waals surface area contributed by atoms with Gasteiger partial charge in [-0.1, -0.05) is 0 Å². The van der Waals surface area contributed by atoms with Crippen molar-refractivity contribution in [1.29, 1.82) is 0 Å². The van der Waals surface area contributed by atoms with E-state index in [0.717, 1.165) is 18.6 Å². The van der Waals surface area contributed by atoms with Crippen LogP contribution in [-0.2, 0) is 4.74 Å². The predicted molar refractivity (Wildman–Crippen MR) is 94.8 cm³/mol. The van der Waals surface area contributed by atoms with Gasteiger partial charge in [0.05, 0.1) is 20.4 Å². The van der Waals surface area contributed by atoms with E-state index in [2.05, 4.69) is 92.5 Å². The van der Waals surface area contributed by atoms with Crippen LogP contribution in [-0.4, -0.2) is 25.6 Å². The summed E-state index contributed by atoms with van der Waals surface area (Å²) in [6, 6.07) is 4.21. The Hall–Kier alpha value is 1.52. The van der Waals surface area contributed by atoms with Gasteiger partial charge in [-0.05, 0) is 79.9 Å². The molecule has 0 fully saturated rings. The third-order valence-electron chi connectivity index (χ3n) is 1.67. The second-order valence-corrected chi connectivity index (χ2v) is 6.90. The molecule has 0 saturated heterocycles. The summed E-state index contributed by atoms with van der Waals surface area (Å²) in [5, 5.41) is 0. The highest BCUT2D eigenvalue weighted by atomic mass is 127. The minimum Gasteiger partial charge on any atom is -0.489 e. The number of hydrogen-bond donors (Lipinski definition) is 1. The smallest absolute Gasteiger partial charge is 0.146 e. The van der Waals surface area contributed by atoms with Crippen molar-refractivity contribution in [1.82, 2.24) is 0 Å². The number of thiol groups is 1. The van der Waals surface area contributed by atoms with E-state index in [1.807, 2.05) is 0 Å². The average molecular weight is 576 g/mol. The minimum absolute atomic E-state index is 0.584. The van der Waals surface area contributed by atoms with Crippen LogP contribution in [0.5, 0.6) is 5.75 Å². The van der Waals surface area contributed by atoms with Gasteiger partial charge in [0.15, 0.2) is 0 Å². The van der Waals surface area contributed by atoms with Crippen LogP contribution >= 0.6 is 80.4 Å². The number of rotatable bonds is 6. The van der Waals surface area contributed by atoms with E-state index in [4.69, 9.17) is 9.47 Å². The van der Waals surface area contributed by atoms with Gasteiger partial charge in [0.25, 0.3) is 0 Å². The Morgan fingerprint density at radius 1 is 1.00 bits per heavy atom. The van der Waals surface area contributed by atoms with Crippen molar-refractivity contribution in [3.05, 3.63) is 22.8 Å². The van der Waals surface area contributed by atoms with Gasteiger partial charge in [0, 0.05) is 9.32 Å². The van der Waals surface area contributed by atoms with Crippen molar-refractivity contribution in [2.75, 3.05) is 25.6 Å². The third kappa shape index (κ3) is 5.44. The Balaban J connectivity index is 2.47. The fourth-order valence-corrected chi connectivity index (χ4v) is 5.06. The van der Waals surface area contributed by atoms with Gasteiger partial charge in [-0.25, -0.2) is 0 Å². The lowest BCUT2D eigenvalue weighted by Crippen LogP contribution is -2.09. The topological polar surface area (TPSA) is 18.5 Å². The van der Waals surface area contributed by atoms with E-state index in [1.54, 1.807) is 0 Å². The largest absolute Gasteiger partial charge is 0.489 e. The summed E-state index contributed by atoms with van der Waals surface area (Å²) in [5.41, 5.74) is 0. The Morgan fingerprint density at radius 2 is 1.62 bits per heavy atom. The van der Waals surface area contributed by atoms with Gasteiger partial charge in [0.2, 0.25) is 0 Å². The van der Waals surface area contributed by atoms with Crippen molar-refractivity contribution in [2.24, 2.45) is 0 Å². The average Bonchev–Trinajstić information content (AvgIpc) is 2.20. The highest BCUT2D eigenvalue weighted by Crippen LogP contribution is 2.29. The van der Waals surface area contributed by atoms with Crippen LogP contribution in [0.25, 0.3) is 0 Å². The van der Waals surface area contributed by atoms with Crippen molar-refractivity contribution in [3.63, 3.8) is 0 Å². The number of ether oxygens (including phenoxy) is 2. The molecule has 90 valence electrons. The van der Waals surface area contributed by atoms with Gasteiger partial charge >= 0.3 is 0 Å². The van der Waals surface area contributed by atoms with Crippen molar-refractivity contribution in [3.8, 4) is 5.75 Å². The minimum atomic E-state index is 0.584. The lowest BCUT2D eigenvalue weighted by Gasteiger charge is -2.11. The summed E-state index contributed by atoms with van der Waals surface area (Å²) < 4.78 is 14.5. The van der Waals surface area contributed by atoms with Crippen LogP contribution in [0.2, 0.25) is 0 Å². The fourth-order valence-electron chi connectivity index (χ4n) is 1.04. The van der Waals surface area contributed by atoms with Crippen LogP contribution in [0.1, 0.15) is 0 Å². The first-order valence-corrected chi connectivity index (χ1v) is 8.48. The molecular weight excluding hydrogens is 565 g/mol. The molecule has 0 aliphatic carbocycles. The van der Waals surface area contributed by atoms with Gasteiger partial charge in [-0.15, -0.1) is 0 Å². The molecule has 0 radical (unpaired) electrons. The second kappa shape index (κ2) is 8.59. The molecule has 2 nitrogen and oxygen atoms in total. The number of hydrogen-bond acceptors (Lipinski definition) is 3. The quantitative estimate of drug-likeness (QED) is 0.316. The molecule has 0 aliphatic rings. The molecule has 0 amide bonds. The molecule has 6 heteroatoms. The molecule has 1 rings (SSSR count). The molecule has 0 aliphatic heterocycles. The van der Waals surface area contributed by atoms with Crippen molar-refractivity contribution in [2.45, 2.75) is 0 Å². The van der Waals surface area contributed by atoms with Gasteiger partial charge in [-0.2, -0.15) is 12.6 Å². The summed E-state index contributed by atoms with van der Waals surface area (Å²) in [6.45, 7) is 1.87. The maximum atomic E-state index is 5.70. The molecule has 0 heterocycles. The Bertz CT molecular complexity index is 324. The summed E-state index contributed by atoms with van der Waals surface area (Å²) >= 11 is 11.0. The van der Waals surface area contributed by atoms with Crippen LogP contribution in [0.15, 0.2) is 12.1 Å². The van der Waals surface area contributed by atoms with Crippen molar-refractivity contribution < 1.29 is 9.47 Å². The maximum Gasteiger partial charge on any atom is 0.146 e. The van der Waals surface area contributed by atoms with E-state index in [9.17, 15) is 0 Å². The molecule has 0 atom stereocenters. The SMILES string of the molecule is SCCOCCOc1c(I)cc(I)cc1I. The maximum absolute atomic E-state index is 5.70. The van der Waals surface area contributed by atoms with Gasteiger partial charge in [0.1, 0.15) is 12.4 Å². The second-order valence-electron chi connectivity index (χ2n) is 2.88. The lowest BCUT2D eigenvalue weighted by molar-refractivity contribution is 0.111. The van der Waals surface area contributed by atoms with Crippen LogP contribution in [0.4, 0.5) is 0 Å². The third-order valence-corrected chi connectivity index (χ3v) is 4.08. The fraction of sp³-hybridized carbons (Fsp3) is 0.400. The highest BCUT2D eigenvalue weighted by molar-refractivity contribution is 14.1. The molecule has 1 aromatic rings. The van der Waals surface area contributed by atoms with Crippen LogP contribution < -0.4 is 4.74 Å². The molecule has 0 N–H and O–H groups in total. The lowest BCUT2D eigenvalue weighted by atomic mass is 10.3. The zero-order chi connectivity index (χ0) is 12.0. The Morgan fingerprint density at radius 3 is 2.19 bits per heavy atom. The molecule has 0 spiro atoms. The molecule has 0 bridgehead atoms. The molecule has 0 unspecified atom stereocenters. The van der Waals surface area contributed by atoms with Crippen LogP contribution in [0, 0.1) is 10.7 Å². The first-order valence-electron chi connectivity index (χ1n) is 4.61. The highest BCUT2D eigenvalue weighted by Gasteiger charge is 2.07.